The number of carbonyl (C=O) groups is 2. The third kappa shape index (κ3) is 5.07. The van der Waals surface area contributed by atoms with Gasteiger partial charge in [-0.15, -0.1) is 0 Å². The monoisotopic (exact) mass is 477 g/mol. The molecule has 0 aliphatic heterocycles. The van der Waals surface area contributed by atoms with Crippen molar-refractivity contribution in [2.75, 3.05) is 4.72 Å². The van der Waals surface area contributed by atoms with Crippen molar-refractivity contribution in [1.29, 1.82) is 0 Å². The van der Waals surface area contributed by atoms with Crippen molar-refractivity contribution < 1.29 is 18.0 Å². The molecular weight excluding hydrogens is 454 g/mol. The van der Waals surface area contributed by atoms with Crippen molar-refractivity contribution >= 4 is 38.6 Å². The van der Waals surface area contributed by atoms with E-state index in [9.17, 15) is 18.0 Å². The van der Waals surface area contributed by atoms with Crippen LogP contribution in [0.1, 0.15) is 21.7 Å². The van der Waals surface area contributed by atoms with Crippen LogP contribution in [0.2, 0.25) is 0 Å². The Kier molecular flexibility index (Phi) is 6.33. The maximum Gasteiger partial charge on any atom is 0.269 e. The summed E-state index contributed by atoms with van der Waals surface area (Å²) < 4.78 is 29.7. The fraction of sp³-hybridized carbons (Fsp3) is 0.125. The highest BCUT2D eigenvalue weighted by Gasteiger charge is 2.17. The number of para-hydroxylation sites is 2. The van der Waals surface area contributed by atoms with Crippen LogP contribution in [0.3, 0.4) is 0 Å². The SMILES string of the molecule is Cc1ccc(NS(=O)(=O)c2cccc(C(=O)NNC(=O)Cc3nc4ccccc4n3C)c2)cc1. The van der Waals surface area contributed by atoms with E-state index < -0.39 is 21.8 Å². The normalized spacial score (nSPS) is 11.2. The van der Waals surface area contributed by atoms with Crippen LogP contribution in [0.4, 0.5) is 5.69 Å². The number of carbonyl (C=O) groups excluding carboxylic acids is 2. The second kappa shape index (κ2) is 9.36. The van der Waals surface area contributed by atoms with Crippen molar-refractivity contribution in [3.05, 3.63) is 89.7 Å². The zero-order valence-electron chi connectivity index (χ0n) is 18.6. The largest absolute Gasteiger partial charge is 0.331 e. The van der Waals surface area contributed by atoms with Crippen LogP contribution >= 0.6 is 0 Å². The number of hydrogen-bond acceptors (Lipinski definition) is 5. The van der Waals surface area contributed by atoms with Crippen molar-refractivity contribution in [3.8, 4) is 0 Å². The second-order valence-electron chi connectivity index (χ2n) is 7.75. The molecular formula is C24H23N5O4S. The number of rotatable bonds is 6. The van der Waals surface area contributed by atoms with Crippen LogP contribution in [-0.2, 0) is 28.3 Å². The van der Waals surface area contributed by atoms with E-state index in [-0.39, 0.29) is 16.9 Å². The summed E-state index contributed by atoms with van der Waals surface area (Å²) in [6, 6.07) is 19.9. The van der Waals surface area contributed by atoms with Crippen LogP contribution in [0.25, 0.3) is 11.0 Å². The molecule has 0 bridgehead atoms. The molecule has 174 valence electrons. The van der Waals surface area contributed by atoms with Crippen LogP contribution in [0.5, 0.6) is 0 Å². The minimum absolute atomic E-state index is 0.0413. The van der Waals surface area contributed by atoms with E-state index in [4.69, 9.17) is 0 Å². The average molecular weight is 478 g/mol. The zero-order chi connectivity index (χ0) is 24.3. The van der Waals surface area contributed by atoms with Gasteiger partial charge in [-0.05, 0) is 49.4 Å². The maximum absolute atomic E-state index is 12.7. The molecule has 3 N–H and O–H groups in total. The Hall–Kier alpha value is -4.18. The predicted octanol–water partition coefficient (Wildman–Crippen LogP) is 2.69. The molecule has 0 radical (unpaired) electrons. The molecule has 4 aromatic rings. The summed E-state index contributed by atoms with van der Waals surface area (Å²) in [5.41, 5.74) is 7.82. The third-order valence-corrected chi connectivity index (χ3v) is 6.60. The van der Waals surface area contributed by atoms with Crippen LogP contribution in [0.15, 0.2) is 77.7 Å². The molecule has 2 amide bonds. The first-order valence-corrected chi connectivity index (χ1v) is 11.9. The topological polar surface area (TPSA) is 122 Å². The molecule has 0 saturated carbocycles. The lowest BCUT2D eigenvalue weighted by Crippen LogP contribution is -2.42. The van der Waals surface area contributed by atoms with Gasteiger partial charge >= 0.3 is 0 Å². The standard InChI is InChI=1S/C24H23N5O4S/c1-16-10-12-18(13-11-16)28-34(32,33)19-7-5-6-17(14-19)24(31)27-26-23(30)15-22-25-20-8-3-4-9-21(20)29(22)2/h3-14,28H,15H2,1-2H3,(H,26,30)(H,27,31). The van der Waals surface area contributed by atoms with E-state index in [0.29, 0.717) is 11.5 Å². The van der Waals surface area contributed by atoms with Gasteiger partial charge in [0.05, 0.1) is 22.3 Å². The second-order valence-corrected chi connectivity index (χ2v) is 9.44. The number of imidazole rings is 1. The van der Waals surface area contributed by atoms with E-state index in [0.717, 1.165) is 16.6 Å². The lowest BCUT2D eigenvalue weighted by Gasteiger charge is -2.11. The first-order chi connectivity index (χ1) is 16.2. The predicted molar refractivity (Wildman–Crippen MR) is 128 cm³/mol. The molecule has 34 heavy (non-hydrogen) atoms. The van der Waals surface area contributed by atoms with Crippen molar-refractivity contribution in [1.82, 2.24) is 20.4 Å². The first kappa shape index (κ1) is 23.0. The molecule has 0 aliphatic carbocycles. The fourth-order valence-corrected chi connectivity index (χ4v) is 4.48. The maximum atomic E-state index is 12.7. The molecule has 0 saturated heterocycles. The molecule has 1 heterocycles. The van der Waals surface area contributed by atoms with Gasteiger partial charge in [0.25, 0.3) is 15.9 Å². The number of amides is 2. The summed E-state index contributed by atoms with van der Waals surface area (Å²) in [7, 11) is -2.09. The number of fused-ring (bicyclic) bond motifs is 1. The van der Waals surface area contributed by atoms with Gasteiger partial charge < -0.3 is 4.57 Å². The Bertz CT molecular complexity index is 1480. The van der Waals surface area contributed by atoms with E-state index in [1.165, 1.54) is 24.3 Å². The van der Waals surface area contributed by atoms with Gasteiger partial charge in [0.15, 0.2) is 0 Å². The molecule has 10 heteroatoms. The van der Waals surface area contributed by atoms with Gasteiger partial charge in [0, 0.05) is 18.3 Å². The molecule has 1 aromatic heterocycles. The van der Waals surface area contributed by atoms with Gasteiger partial charge in [-0.3, -0.25) is 25.2 Å². The number of nitrogens with one attached hydrogen (secondary N) is 3. The Morgan fingerprint density at radius 2 is 1.68 bits per heavy atom. The van der Waals surface area contributed by atoms with Crippen LogP contribution in [-0.4, -0.2) is 29.8 Å². The Labute approximate surface area is 196 Å². The van der Waals surface area contributed by atoms with Gasteiger partial charge in [-0.2, -0.15) is 0 Å². The summed E-state index contributed by atoms with van der Waals surface area (Å²) >= 11 is 0. The molecule has 0 fully saturated rings. The molecule has 0 aliphatic rings. The lowest BCUT2D eigenvalue weighted by molar-refractivity contribution is -0.121. The number of benzene rings is 3. The summed E-state index contributed by atoms with van der Waals surface area (Å²) in [5, 5.41) is 0. The zero-order valence-corrected chi connectivity index (χ0v) is 19.4. The fourth-order valence-electron chi connectivity index (χ4n) is 3.38. The van der Waals surface area contributed by atoms with Crippen molar-refractivity contribution in [3.63, 3.8) is 0 Å². The lowest BCUT2D eigenvalue weighted by atomic mass is 10.2. The van der Waals surface area contributed by atoms with Gasteiger partial charge in [0.2, 0.25) is 5.91 Å². The molecule has 9 nitrogen and oxygen atoms in total. The number of sulfonamides is 1. The molecule has 4 rings (SSSR count). The van der Waals surface area contributed by atoms with E-state index in [2.05, 4.69) is 20.6 Å². The summed E-state index contributed by atoms with van der Waals surface area (Å²) in [5.74, 6) is -0.564. The number of hydrogen-bond donors (Lipinski definition) is 3. The number of hydrazine groups is 1. The number of aryl methyl sites for hydroxylation is 2. The first-order valence-electron chi connectivity index (χ1n) is 10.4. The number of anilines is 1. The highest BCUT2D eigenvalue weighted by Crippen LogP contribution is 2.18. The van der Waals surface area contributed by atoms with E-state index in [1.807, 2.05) is 42.8 Å². The number of aromatic nitrogens is 2. The summed E-state index contributed by atoms with van der Waals surface area (Å²) in [4.78, 5) is 29.2. The minimum Gasteiger partial charge on any atom is -0.331 e. The van der Waals surface area contributed by atoms with Gasteiger partial charge in [0.1, 0.15) is 5.82 Å². The Morgan fingerprint density at radius 1 is 0.941 bits per heavy atom. The van der Waals surface area contributed by atoms with Crippen molar-refractivity contribution in [2.24, 2.45) is 7.05 Å². The Morgan fingerprint density at radius 3 is 2.41 bits per heavy atom. The molecule has 3 aromatic carbocycles. The highest BCUT2D eigenvalue weighted by atomic mass is 32.2. The molecule has 0 atom stereocenters. The van der Waals surface area contributed by atoms with E-state index >= 15 is 0 Å². The number of nitrogens with zero attached hydrogens (tertiary/aromatic N) is 2. The summed E-state index contributed by atoms with van der Waals surface area (Å²) in [6.07, 6.45) is -0.0413. The Balaban J connectivity index is 1.40. The van der Waals surface area contributed by atoms with Gasteiger partial charge in [-0.1, -0.05) is 35.9 Å². The summed E-state index contributed by atoms with van der Waals surface area (Å²) in [6.45, 7) is 1.90. The highest BCUT2D eigenvalue weighted by molar-refractivity contribution is 7.92. The molecule has 0 unspecified atom stereocenters. The van der Waals surface area contributed by atoms with Crippen LogP contribution < -0.4 is 15.6 Å². The van der Waals surface area contributed by atoms with Crippen molar-refractivity contribution in [2.45, 2.75) is 18.2 Å². The minimum atomic E-state index is -3.90. The smallest absolute Gasteiger partial charge is 0.269 e. The van der Waals surface area contributed by atoms with Gasteiger partial charge in [-0.25, -0.2) is 13.4 Å². The van der Waals surface area contributed by atoms with Crippen LogP contribution in [0, 0.1) is 6.92 Å². The third-order valence-electron chi connectivity index (χ3n) is 5.22. The van der Waals surface area contributed by atoms with E-state index in [1.54, 1.807) is 24.3 Å². The average Bonchev–Trinajstić information content (AvgIpc) is 3.14. The molecule has 0 spiro atoms. The quantitative estimate of drug-likeness (QED) is 0.369.